The molecule has 48 heteroatoms. The maximum Gasteiger partial charge on any atom is 0.460 e. The summed E-state index contributed by atoms with van der Waals surface area (Å²) in [5, 5.41) is -8.71. The van der Waals surface area contributed by atoms with Crippen LogP contribution in [0.5, 0.6) is 0 Å². The molecular formula is C33H26F34N4O8S2. The van der Waals surface area contributed by atoms with Gasteiger partial charge in [-0.15, -0.1) is 0 Å². The first kappa shape index (κ1) is 74.2. The van der Waals surface area contributed by atoms with Crippen molar-refractivity contribution in [1.82, 2.24) is 10.6 Å². The molecule has 0 heterocycles. The molecule has 1 aromatic rings. The molecule has 0 saturated carbocycles. The van der Waals surface area contributed by atoms with Crippen molar-refractivity contribution in [3.05, 3.63) is 23.8 Å². The lowest BCUT2D eigenvalue weighted by Crippen LogP contribution is -2.75. The number of carbonyl (C=O) groups is 2. The Balaban J connectivity index is 2.89. The number of aryl methyl sites for hydroxylation is 1. The summed E-state index contributed by atoms with van der Waals surface area (Å²) in [7, 11) is -14.9. The van der Waals surface area contributed by atoms with Crippen molar-refractivity contribution in [2.45, 2.75) is 107 Å². The lowest BCUT2D eigenvalue weighted by molar-refractivity contribution is -0.458. The molecule has 0 aliphatic carbocycles. The van der Waals surface area contributed by atoms with Crippen LogP contribution in [0.2, 0.25) is 0 Å². The first-order valence-electron chi connectivity index (χ1n) is 19.6. The summed E-state index contributed by atoms with van der Waals surface area (Å²) in [6.45, 7) is -4.25. The molecule has 0 unspecified atom stereocenters. The summed E-state index contributed by atoms with van der Waals surface area (Å²) in [4.78, 5) is 24.3. The standard InChI is InChI=1S/C33H26F34N4O8S2/c1-13-3-4-14(70-16(72)78-9-7-69-12-81(76,77)33(66,67)29(56,57)25(48,49)21(40,41)19(36,37)23(44,45)27(52,53)31(61,62)63)11-15(13)71-17(73)79-8-6-68-5-2-10-80(74,75)32(64,65)28(54,55)24(46,47)20(38,39)18(34,35)22(42,43)26(50,51)30(58,59)60/h3-4,11,68-69H,2,5-10,12H2,1H3,(H,70,72)(H,71,73). The highest BCUT2D eigenvalue weighted by atomic mass is 32.2. The smallest absolute Gasteiger partial charge is 0.448 e. The molecule has 12 nitrogen and oxygen atoms in total. The third kappa shape index (κ3) is 12.4. The summed E-state index contributed by atoms with van der Waals surface area (Å²) < 4.78 is 515. The van der Waals surface area contributed by atoms with Crippen LogP contribution in [0.4, 0.5) is 170 Å². The van der Waals surface area contributed by atoms with Gasteiger partial charge in [0.2, 0.25) is 19.7 Å². The Morgan fingerprint density at radius 2 is 0.716 bits per heavy atom. The van der Waals surface area contributed by atoms with E-state index in [0.29, 0.717) is 0 Å². The maximum atomic E-state index is 14.3. The molecule has 0 saturated heterocycles. The Hall–Kier alpha value is -4.80. The number of amides is 2. The second-order valence-electron chi connectivity index (χ2n) is 15.7. The topological polar surface area (TPSA) is 169 Å². The zero-order valence-electron chi connectivity index (χ0n) is 37.8. The second kappa shape index (κ2) is 22.7. The Morgan fingerprint density at radius 1 is 0.407 bits per heavy atom. The van der Waals surface area contributed by atoms with Crippen molar-refractivity contribution in [3.63, 3.8) is 0 Å². The SMILES string of the molecule is Cc1ccc(NC(=O)OCCNCS(=O)(=O)C(F)(F)C(F)(F)C(F)(F)C(F)(F)C(F)(F)C(F)(F)C(F)(F)C(F)(F)F)cc1NC(=O)OCCNCCCS(=O)(=O)C(F)(F)C(F)(F)C(F)(F)C(F)(F)C(F)(F)C(F)(F)C(F)(F)C(F)(F)F. The van der Waals surface area contributed by atoms with Crippen LogP contribution >= 0.6 is 0 Å². The Bertz CT molecular complexity index is 2630. The summed E-state index contributed by atoms with van der Waals surface area (Å²) in [5.41, 5.74) is -0.741. The summed E-state index contributed by atoms with van der Waals surface area (Å²) in [5.74, 6) is -111. The van der Waals surface area contributed by atoms with Crippen molar-refractivity contribution in [1.29, 1.82) is 0 Å². The van der Waals surface area contributed by atoms with E-state index in [4.69, 9.17) is 0 Å². The lowest BCUT2D eigenvalue weighted by atomic mass is 9.91. The van der Waals surface area contributed by atoms with Gasteiger partial charge in [-0.25, -0.2) is 26.4 Å². The fourth-order valence-electron chi connectivity index (χ4n) is 5.19. The van der Waals surface area contributed by atoms with Crippen LogP contribution in [0.15, 0.2) is 18.2 Å². The number of carbonyl (C=O) groups excluding carboxylic acids is 2. The number of halogens is 34. The summed E-state index contributed by atoms with van der Waals surface area (Å²) in [6.07, 6.45) is -20.8. The van der Waals surface area contributed by atoms with E-state index in [-0.39, 0.29) is 11.3 Å². The van der Waals surface area contributed by atoms with Crippen LogP contribution < -0.4 is 21.3 Å². The molecule has 1 rings (SSSR count). The first-order chi connectivity index (χ1) is 35.4. The van der Waals surface area contributed by atoms with Gasteiger partial charge in [0.1, 0.15) is 19.1 Å². The van der Waals surface area contributed by atoms with Crippen molar-refractivity contribution in [2.24, 2.45) is 0 Å². The van der Waals surface area contributed by atoms with E-state index in [1.54, 1.807) is 0 Å². The highest BCUT2D eigenvalue weighted by Gasteiger charge is 2.98. The molecule has 0 spiro atoms. The van der Waals surface area contributed by atoms with Gasteiger partial charge in [0.05, 0.1) is 5.75 Å². The van der Waals surface area contributed by atoms with Crippen LogP contribution in [-0.2, 0) is 29.1 Å². The molecule has 0 aromatic heterocycles. The van der Waals surface area contributed by atoms with Gasteiger partial charge in [0.15, 0.2) is 0 Å². The van der Waals surface area contributed by atoms with Crippen molar-refractivity contribution >= 4 is 43.2 Å². The molecule has 0 bridgehead atoms. The third-order valence-electron chi connectivity index (χ3n) is 9.97. The zero-order valence-corrected chi connectivity index (χ0v) is 39.5. The van der Waals surface area contributed by atoms with Crippen LogP contribution in [0, 0.1) is 6.92 Å². The number of anilines is 2. The minimum Gasteiger partial charge on any atom is -0.448 e. The molecule has 0 radical (unpaired) electrons. The number of benzene rings is 1. The lowest BCUT2D eigenvalue weighted by Gasteiger charge is -2.42. The normalized spacial score (nSPS) is 15.4. The van der Waals surface area contributed by atoms with E-state index < -0.39 is 182 Å². The van der Waals surface area contributed by atoms with Crippen molar-refractivity contribution in [2.75, 3.05) is 55.1 Å². The van der Waals surface area contributed by atoms with Crippen molar-refractivity contribution < 1.29 is 185 Å². The van der Waals surface area contributed by atoms with Crippen molar-refractivity contribution in [3.8, 4) is 0 Å². The van der Waals surface area contributed by atoms with Gasteiger partial charge in [-0.3, -0.25) is 10.6 Å². The van der Waals surface area contributed by atoms with E-state index in [2.05, 4.69) is 9.47 Å². The Kier molecular flexibility index (Phi) is 20.8. The average molecular weight is 1320 g/mol. The van der Waals surface area contributed by atoms with E-state index in [0.717, 1.165) is 23.5 Å². The Morgan fingerprint density at radius 3 is 1.07 bits per heavy atom. The van der Waals surface area contributed by atoms with Gasteiger partial charge in [-0.2, -0.15) is 149 Å². The fraction of sp³-hybridized carbons (Fsp3) is 0.758. The van der Waals surface area contributed by atoms with Gasteiger partial charge in [0.25, 0.3) is 0 Å². The van der Waals surface area contributed by atoms with E-state index >= 15 is 0 Å². The molecule has 1 aromatic carbocycles. The zero-order chi connectivity index (χ0) is 64.9. The molecule has 81 heavy (non-hydrogen) atoms. The largest absolute Gasteiger partial charge is 0.460 e. The van der Waals surface area contributed by atoms with E-state index in [9.17, 15) is 176 Å². The molecule has 4 N–H and O–H groups in total. The highest BCUT2D eigenvalue weighted by Crippen LogP contribution is 2.66. The van der Waals surface area contributed by atoms with Gasteiger partial charge < -0.3 is 20.1 Å². The Labute approximate surface area is 425 Å². The van der Waals surface area contributed by atoms with Gasteiger partial charge in [-0.1, -0.05) is 6.07 Å². The average Bonchev–Trinajstić information content (AvgIpc) is 3.27. The quantitative estimate of drug-likeness (QED) is 0.0468. The van der Waals surface area contributed by atoms with Crippen LogP contribution in [0.25, 0.3) is 0 Å². The maximum absolute atomic E-state index is 14.3. The van der Waals surface area contributed by atoms with E-state index in [1.807, 2.05) is 16.0 Å². The number of alkyl halides is 34. The number of ether oxygens (including phenoxy) is 2. The predicted molar refractivity (Wildman–Crippen MR) is 196 cm³/mol. The van der Waals surface area contributed by atoms with Gasteiger partial charge in [-0.05, 0) is 37.6 Å². The van der Waals surface area contributed by atoms with Crippen LogP contribution in [0.3, 0.4) is 0 Å². The predicted octanol–water partition coefficient (Wildman–Crippen LogP) is 11.4. The molecule has 0 fully saturated rings. The molecule has 476 valence electrons. The minimum absolute atomic E-state index is 0.0487. The first-order valence-corrected chi connectivity index (χ1v) is 22.9. The third-order valence-corrected chi connectivity index (χ3v) is 13.5. The highest BCUT2D eigenvalue weighted by molar-refractivity contribution is 7.92. The molecule has 0 aliphatic heterocycles. The van der Waals surface area contributed by atoms with Gasteiger partial charge >= 0.3 is 106 Å². The molecule has 0 aliphatic rings. The van der Waals surface area contributed by atoms with Crippen LogP contribution in [-0.4, -0.2) is 167 Å². The molecular weight excluding hydrogens is 1290 g/mol. The monoisotopic (exact) mass is 1320 g/mol. The number of nitrogens with one attached hydrogen (secondary N) is 4. The number of sulfone groups is 2. The number of rotatable bonds is 28. The van der Waals surface area contributed by atoms with E-state index in [1.165, 1.54) is 6.92 Å². The molecule has 2 amide bonds. The minimum atomic E-state index is -9.07. The fourth-order valence-corrected chi connectivity index (χ4v) is 7.61. The second-order valence-corrected chi connectivity index (χ2v) is 19.8. The summed E-state index contributed by atoms with van der Waals surface area (Å²) >= 11 is 0. The summed E-state index contributed by atoms with van der Waals surface area (Å²) in [6, 6.07) is 2.82. The van der Waals surface area contributed by atoms with Gasteiger partial charge in [0, 0.05) is 24.5 Å². The number of hydrogen-bond acceptors (Lipinski definition) is 10. The number of hydrogen-bond donors (Lipinski definition) is 4. The van der Waals surface area contributed by atoms with Crippen LogP contribution in [0.1, 0.15) is 12.0 Å². The molecule has 0 atom stereocenters.